The molecule has 1 amide bonds. The highest BCUT2D eigenvalue weighted by Gasteiger charge is 2.49. The molecule has 4 heterocycles. The zero-order chi connectivity index (χ0) is 21.7. The van der Waals surface area contributed by atoms with Gasteiger partial charge in [0.1, 0.15) is 11.6 Å². The Morgan fingerprint density at radius 3 is 2.75 bits per heavy atom. The van der Waals surface area contributed by atoms with Crippen molar-refractivity contribution in [3.05, 3.63) is 36.0 Å². The average Bonchev–Trinajstić information content (AvgIpc) is 3.62. The van der Waals surface area contributed by atoms with Gasteiger partial charge in [0.25, 0.3) is 11.8 Å². The number of carbonyl (C=O) groups excluding carboxylic acids is 1. The van der Waals surface area contributed by atoms with E-state index < -0.39 is 17.7 Å². The number of carbonyl (C=O) groups is 1. The summed E-state index contributed by atoms with van der Waals surface area (Å²) in [4.78, 5) is 26.9. The molecule has 168 valence electrons. The van der Waals surface area contributed by atoms with Crippen molar-refractivity contribution >= 4 is 23.6 Å². The summed E-state index contributed by atoms with van der Waals surface area (Å²) in [7, 11) is 1.70. The molecule has 4 aliphatic rings. The monoisotopic (exact) mass is 437 g/mol. The Morgan fingerprint density at radius 2 is 2.00 bits per heavy atom. The van der Waals surface area contributed by atoms with Gasteiger partial charge in [-0.25, -0.2) is 0 Å². The van der Waals surface area contributed by atoms with Crippen molar-refractivity contribution in [2.75, 3.05) is 30.1 Å². The number of nitrogens with zero attached hydrogens (tertiary/aromatic N) is 5. The maximum absolute atomic E-state index is 13.8. The fourth-order valence-corrected chi connectivity index (χ4v) is 5.49. The van der Waals surface area contributed by atoms with E-state index in [2.05, 4.69) is 15.1 Å². The Bertz CT molecular complexity index is 1040. The zero-order valence-electron chi connectivity index (χ0n) is 18.1. The van der Waals surface area contributed by atoms with Crippen molar-refractivity contribution in [1.82, 2.24) is 10.1 Å². The van der Waals surface area contributed by atoms with Crippen LogP contribution in [0, 0.1) is 0 Å². The van der Waals surface area contributed by atoms with Crippen LogP contribution in [-0.4, -0.2) is 54.8 Å². The van der Waals surface area contributed by atoms with Gasteiger partial charge in [0.05, 0.1) is 30.4 Å². The zero-order valence-corrected chi connectivity index (χ0v) is 18.1. The SMILES string of the molecule is COC1(c2noc(C3N=CN4c5ccccc5N(CC5CCCO5)C(=O)C34)n2)CCCC1. The summed E-state index contributed by atoms with van der Waals surface area (Å²) in [5, 5.41) is 4.25. The molecule has 32 heavy (non-hydrogen) atoms. The number of anilines is 2. The predicted molar refractivity (Wildman–Crippen MR) is 117 cm³/mol. The van der Waals surface area contributed by atoms with E-state index in [9.17, 15) is 4.79 Å². The molecule has 1 aromatic carbocycles. The molecule has 1 saturated carbocycles. The largest absolute Gasteiger partial charge is 0.376 e. The van der Waals surface area contributed by atoms with Gasteiger partial charge in [0.15, 0.2) is 6.04 Å². The van der Waals surface area contributed by atoms with Crippen molar-refractivity contribution in [1.29, 1.82) is 0 Å². The van der Waals surface area contributed by atoms with Crippen LogP contribution in [0.2, 0.25) is 0 Å². The maximum Gasteiger partial charge on any atom is 0.254 e. The Morgan fingerprint density at radius 1 is 1.19 bits per heavy atom. The minimum absolute atomic E-state index is 0.0243. The van der Waals surface area contributed by atoms with Crippen molar-refractivity contribution in [3.8, 4) is 0 Å². The van der Waals surface area contributed by atoms with Gasteiger partial charge in [-0.05, 0) is 50.7 Å². The van der Waals surface area contributed by atoms with E-state index in [0.717, 1.165) is 56.5 Å². The van der Waals surface area contributed by atoms with E-state index in [1.54, 1.807) is 13.4 Å². The van der Waals surface area contributed by atoms with Gasteiger partial charge < -0.3 is 23.8 Å². The molecule has 3 unspecified atom stereocenters. The molecule has 0 spiro atoms. The van der Waals surface area contributed by atoms with Crippen molar-refractivity contribution < 1.29 is 18.8 Å². The van der Waals surface area contributed by atoms with Gasteiger partial charge >= 0.3 is 0 Å². The van der Waals surface area contributed by atoms with E-state index in [1.165, 1.54) is 0 Å². The summed E-state index contributed by atoms with van der Waals surface area (Å²) >= 11 is 0. The summed E-state index contributed by atoms with van der Waals surface area (Å²) in [6.07, 6.45) is 7.65. The van der Waals surface area contributed by atoms with Crippen LogP contribution < -0.4 is 9.80 Å². The molecule has 3 atom stereocenters. The fraction of sp³-hybridized carbons (Fsp3) is 0.565. The van der Waals surface area contributed by atoms with Gasteiger partial charge in [0, 0.05) is 13.7 Å². The first kappa shape index (κ1) is 19.9. The molecular weight excluding hydrogens is 410 g/mol. The number of ether oxygens (including phenoxy) is 2. The van der Waals surface area contributed by atoms with Crippen LogP contribution in [0.15, 0.2) is 33.8 Å². The first-order valence-electron chi connectivity index (χ1n) is 11.4. The lowest BCUT2D eigenvalue weighted by Crippen LogP contribution is -2.54. The number of amides is 1. The smallest absolute Gasteiger partial charge is 0.254 e. The van der Waals surface area contributed by atoms with Gasteiger partial charge in [0.2, 0.25) is 5.82 Å². The van der Waals surface area contributed by atoms with E-state index >= 15 is 0 Å². The van der Waals surface area contributed by atoms with Gasteiger partial charge in [-0.2, -0.15) is 4.98 Å². The molecule has 0 N–H and O–H groups in total. The topological polar surface area (TPSA) is 93.3 Å². The molecule has 2 aromatic rings. The lowest BCUT2D eigenvalue weighted by atomic mass is 10.00. The van der Waals surface area contributed by atoms with Crippen LogP contribution in [0.3, 0.4) is 0 Å². The Kier molecular flexibility index (Phi) is 4.76. The normalized spacial score (nSPS) is 28.4. The number of hydrogen-bond acceptors (Lipinski definition) is 8. The van der Waals surface area contributed by atoms with Gasteiger partial charge in [-0.15, -0.1) is 0 Å². The van der Waals surface area contributed by atoms with Crippen LogP contribution in [0.5, 0.6) is 0 Å². The summed E-state index contributed by atoms with van der Waals surface area (Å²) in [6.45, 7) is 1.29. The number of rotatable bonds is 5. The highest BCUT2D eigenvalue weighted by molar-refractivity contribution is 6.11. The summed E-state index contributed by atoms with van der Waals surface area (Å²) in [5.74, 6) is 0.890. The summed E-state index contributed by atoms with van der Waals surface area (Å²) < 4.78 is 17.3. The molecule has 3 aliphatic heterocycles. The van der Waals surface area contributed by atoms with Crippen molar-refractivity contribution in [2.45, 2.75) is 62.3 Å². The maximum atomic E-state index is 13.8. The van der Waals surface area contributed by atoms with E-state index in [0.29, 0.717) is 18.3 Å². The second-order valence-corrected chi connectivity index (χ2v) is 9.00. The number of benzene rings is 1. The highest BCUT2D eigenvalue weighted by atomic mass is 16.5. The number of methoxy groups -OCH3 is 1. The number of fused-ring (bicyclic) bond motifs is 3. The van der Waals surface area contributed by atoms with Crippen LogP contribution >= 0.6 is 0 Å². The minimum Gasteiger partial charge on any atom is -0.376 e. The minimum atomic E-state index is -0.556. The summed E-state index contributed by atoms with van der Waals surface area (Å²) in [6, 6.07) is 6.82. The quantitative estimate of drug-likeness (QED) is 0.710. The molecule has 9 heteroatoms. The number of aromatic nitrogens is 2. The molecule has 0 bridgehead atoms. The van der Waals surface area contributed by atoms with Crippen LogP contribution in [0.1, 0.15) is 56.3 Å². The fourth-order valence-electron chi connectivity index (χ4n) is 5.49. The first-order valence-corrected chi connectivity index (χ1v) is 11.4. The molecule has 1 saturated heterocycles. The van der Waals surface area contributed by atoms with Crippen LogP contribution in [0.25, 0.3) is 0 Å². The van der Waals surface area contributed by atoms with Gasteiger partial charge in [-0.1, -0.05) is 17.3 Å². The van der Waals surface area contributed by atoms with E-state index in [1.807, 2.05) is 34.1 Å². The third kappa shape index (κ3) is 2.98. The standard InChI is InChI=1S/C23H27N5O4/c1-30-23(10-4-5-11-23)22-25-20(32-26-22)18-19-21(29)27(13-15-7-6-12-31-15)16-8-2-3-9-17(16)28(19)14-24-18/h2-3,8-9,14-15,18-19H,4-7,10-13H2,1H3. The third-order valence-corrected chi connectivity index (χ3v) is 7.23. The molecule has 2 fully saturated rings. The van der Waals surface area contributed by atoms with E-state index in [4.69, 9.17) is 14.0 Å². The Hall–Kier alpha value is -2.78. The second kappa shape index (κ2) is 7.67. The Labute approximate surface area is 186 Å². The van der Waals surface area contributed by atoms with Crippen molar-refractivity contribution in [2.24, 2.45) is 4.99 Å². The second-order valence-electron chi connectivity index (χ2n) is 9.00. The molecule has 1 aliphatic carbocycles. The average molecular weight is 438 g/mol. The number of aliphatic imine (C=N–C) groups is 1. The number of hydrogen-bond donors (Lipinski definition) is 0. The Balaban J connectivity index is 1.33. The number of para-hydroxylation sites is 2. The first-order chi connectivity index (χ1) is 15.7. The molecule has 1 aromatic heterocycles. The van der Waals surface area contributed by atoms with Crippen molar-refractivity contribution in [3.63, 3.8) is 0 Å². The molecular formula is C23H27N5O4. The predicted octanol–water partition coefficient (Wildman–Crippen LogP) is 2.97. The van der Waals surface area contributed by atoms with Crippen LogP contribution in [0.4, 0.5) is 11.4 Å². The van der Waals surface area contributed by atoms with Gasteiger partial charge in [-0.3, -0.25) is 9.79 Å². The lowest BCUT2D eigenvalue weighted by molar-refractivity contribution is -0.120. The third-order valence-electron chi connectivity index (χ3n) is 7.23. The molecule has 6 rings (SSSR count). The van der Waals surface area contributed by atoms with E-state index in [-0.39, 0.29) is 12.0 Å². The van der Waals surface area contributed by atoms with Crippen LogP contribution in [-0.2, 0) is 19.9 Å². The highest BCUT2D eigenvalue weighted by Crippen LogP contribution is 2.44. The lowest BCUT2D eigenvalue weighted by Gasteiger charge is -2.39. The molecule has 9 nitrogen and oxygen atoms in total. The summed E-state index contributed by atoms with van der Waals surface area (Å²) in [5.41, 5.74) is 1.33. The molecule has 0 radical (unpaired) electrons.